The highest BCUT2D eigenvalue weighted by molar-refractivity contribution is 5.32. The summed E-state index contributed by atoms with van der Waals surface area (Å²) in [5, 5.41) is 4.30. The molecule has 0 radical (unpaired) electrons. The van der Waals surface area contributed by atoms with Gasteiger partial charge in [0.05, 0.1) is 0 Å². The first-order valence-electron chi connectivity index (χ1n) is 3.01. The van der Waals surface area contributed by atoms with E-state index in [0.29, 0.717) is 6.61 Å². The van der Waals surface area contributed by atoms with Gasteiger partial charge < -0.3 is 4.89 Å². The molecule has 1 aliphatic rings. The fraction of sp³-hybridized carbons (Fsp3) is 0.143. The third-order valence-electron chi connectivity index (χ3n) is 1.36. The maximum Gasteiger partial charge on any atom is 0.174 e. The Labute approximate surface area is 58.0 Å². The van der Waals surface area contributed by atoms with Crippen LogP contribution in [0.4, 0.5) is 0 Å². The van der Waals surface area contributed by atoms with Crippen LogP contribution in [0.3, 0.4) is 0 Å². The SMILES string of the molecule is c1ccc2c(c1)COOO2. The van der Waals surface area contributed by atoms with E-state index < -0.39 is 0 Å². The largest absolute Gasteiger partial charge is 0.308 e. The van der Waals surface area contributed by atoms with Crippen molar-refractivity contribution in [2.24, 2.45) is 0 Å². The molecule has 1 aromatic carbocycles. The van der Waals surface area contributed by atoms with Crippen LogP contribution in [0.5, 0.6) is 5.75 Å². The average molecular weight is 138 g/mol. The highest BCUT2D eigenvalue weighted by Gasteiger charge is 2.09. The molecule has 0 saturated heterocycles. The molecule has 2 rings (SSSR count). The van der Waals surface area contributed by atoms with Crippen molar-refractivity contribution in [1.82, 2.24) is 0 Å². The molecular weight excluding hydrogens is 132 g/mol. The quantitative estimate of drug-likeness (QED) is 0.508. The molecule has 0 N–H and O–H groups in total. The van der Waals surface area contributed by atoms with Gasteiger partial charge in [0.2, 0.25) is 0 Å². The van der Waals surface area contributed by atoms with Crippen molar-refractivity contribution in [3.05, 3.63) is 29.8 Å². The summed E-state index contributed by atoms with van der Waals surface area (Å²) in [7, 11) is 0. The van der Waals surface area contributed by atoms with Crippen molar-refractivity contribution < 1.29 is 14.8 Å². The van der Waals surface area contributed by atoms with Crippen molar-refractivity contribution >= 4 is 0 Å². The zero-order chi connectivity index (χ0) is 6.81. The predicted octanol–water partition coefficient (Wildman–Crippen LogP) is 1.44. The minimum atomic E-state index is 0.455. The second-order valence-corrected chi connectivity index (χ2v) is 2.02. The number of hydrogen-bond donors (Lipinski definition) is 0. The van der Waals surface area contributed by atoms with Crippen LogP contribution >= 0.6 is 0 Å². The predicted molar refractivity (Wildman–Crippen MR) is 32.9 cm³/mol. The number of fused-ring (bicyclic) bond motifs is 1. The van der Waals surface area contributed by atoms with Crippen molar-refractivity contribution in [3.63, 3.8) is 0 Å². The molecule has 0 atom stereocenters. The van der Waals surface area contributed by atoms with Crippen LogP contribution in [-0.4, -0.2) is 0 Å². The van der Waals surface area contributed by atoms with E-state index in [1.807, 2.05) is 24.3 Å². The Morgan fingerprint density at radius 1 is 1.20 bits per heavy atom. The Hall–Kier alpha value is -1.06. The van der Waals surface area contributed by atoms with E-state index in [9.17, 15) is 0 Å². The topological polar surface area (TPSA) is 27.7 Å². The molecule has 0 amide bonds. The number of rotatable bonds is 0. The van der Waals surface area contributed by atoms with Gasteiger partial charge >= 0.3 is 0 Å². The lowest BCUT2D eigenvalue weighted by atomic mass is 10.2. The number of benzene rings is 1. The minimum Gasteiger partial charge on any atom is -0.308 e. The standard InChI is InChI=1S/C7H6O3/c1-2-4-7-6(3-1)5-8-10-9-7/h1-4H,5H2. The van der Waals surface area contributed by atoms with Gasteiger partial charge in [-0.25, -0.2) is 0 Å². The Morgan fingerprint density at radius 2 is 2.10 bits per heavy atom. The van der Waals surface area contributed by atoms with Gasteiger partial charge in [0.1, 0.15) is 6.61 Å². The van der Waals surface area contributed by atoms with E-state index in [1.165, 1.54) is 0 Å². The van der Waals surface area contributed by atoms with Crippen molar-refractivity contribution in [2.45, 2.75) is 6.61 Å². The second-order valence-electron chi connectivity index (χ2n) is 2.02. The second kappa shape index (κ2) is 2.28. The Bertz CT molecular complexity index is 209. The van der Waals surface area contributed by atoms with Gasteiger partial charge in [-0.2, -0.15) is 4.89 Å². The van der Waals surface area contributed by atoms with Gasteiger partial charge in [0, 0.05) is 5.56 Å². The highest BCUT2D eigenvalue weighted by Crippen LogP contribution is 2.22. The van der Waals surface area contributed by atoms with Crippen LogP contribution < -0.4 is 4.89 Å². The highest BCUT2D eigenvalue weighted by atomic mass is 17.5. The van der Waals surface area contributed by atoms with E-state index >= 15 is 0 Å². The molecule has 0 aromatic heterocycles. The number of hydrogen-bond acceptors (Lipinski definition) is 3. The normalized spacial score (nSPS) is 15.6. The molecule has 3 heteroatoms. The summed E-state index contributed by atoms with van der Waals surface area (Å²) >= 11 is 0. The molecule has 1 aromatic rings. The maximum absolute atomic E-state index is 4.70. The van der Waals surface area contributed by atoms with Crippen molar-refractivity contribution in [2.75, 3.05) is 0 Å². The summed E-state index contributed by atoms with van der Waals surface area (Å²) in [5.74, 6) is 0.730. The van der Waals surface area contributed by atoms with Gasteiger partial charge in [-0.15, -0.1) is 0 Å². The van der Waals surface area contributed by atoms with E-state index in [2.05, 4.69) is 9.93 Å². The van der Waals surface area contributed by atoms with E-state index in [0.717, 1.165) is 11.3 Å². The summed E-state index contributed by atoms with van der Waals surface area (Å²) in [4.78, 5) is 9.27. The first-order chi connectivity index (χ1) is 4.97. The van der Waals surface area contributed by atoms with Crippen LogP contribution in [0, 0.1) is 0 Å². The molecule has 0 spiro atoms. The summed E-state index contributed by atoms with van der Waals surface area (Å²) in [6, 6.07) is 7.57. The molecule has 3 nitrogen and oxygen atoms in total. The van der Waals surface area contributed by atoms with Crippen LogP contribution in [0.1, 0.15) is 5.56 Å². The van der Waals surface area contributed by atoms with Crippen molar-refractivity contribution in [1.29, 1.82) is 0 Å². The lowest BCUT2D eigenvalue weighted by Gasteiger charge is -2.12. The summed E-state index contributed by atoms with van der Waals surface area (Å²) in [6.07, 6.45) is 0. The molecule has 10 heavy (non-hydrogen) atoms. The Morgan fingerprint density at radius 3 is 3.00 bits per heavy atom. The van der Waals surface area contributed by atoms with Gasteiger partial charge in [0.25, 0.3) is 0 Å². The van der Waals surface area contributed by atoms with Crippen LogP contribution in [0.2, 0.25) is 0 Å². The van der Waals surface area contributed by atoms with Gasteiger partial charge in [-0.3, -0.25) is 0 Å². The van der Waals surface area contributed by atoms with E-state index in [1.54, 1.807) is 0 Å². The number of para-hydroxylation sites is 1. The van der Waals surface area contributed by atoms with Crippen molar-refractivity contribution in [3.8, 4) is 5.75 Å². The Kier molecular flexibility index (Phi) is 1.30. The molecule has 0 bridgehead atoms. The average Bonchev–Trinajstić information content (AvgIpc) is 2.05. The minimum absolute atomic E-state index is 0.455. The first kappa shape index (κ1) is 5.70. The first-order valence-corrected chi connectivity index (χ1v) is 3.01. The Balaban J connectivity index is 2.41. The van der Waals surface area contributed by atoms with E-state index in [4.69, 9.17) is 4.89 Å². The molecule has 1 heterocycles. The third-order valence-corrected chi connectivity index (χ3v) is 1.36. The lowest BCUT2D eigenvalue weighted by molar-refractivity contribution is -0.482. The van der Waals surface area contributed by atoms with Crippen LogP contribution in [0.15, 0.2) is 24.3 Å². The molecular formula is C7H6O3. The fourth-order valence-electron chi connectivity index (χ4n) is 0.853. The smallest absolute Gasteiger partial charge is 0.174 e. The maximum atomic E-state index is 4.70. The summed E-state index contributed by atoms with van der Waals surface area (Å²) in [5.41, 5.74) is 1.01. The van der Waals surface area contributed by atoms with E-state index in [-0.39, 0.29) is 0 Å². The monoisotopic (exact) mass is 138 g/mol. The molecule has 1 aliphatic heterocycles. The van der Waals surface area contributed by atoms with Crippen LogP contribution in [0.25, 0.3) is 0 Å². The van der Waals surface area contributed by atoms with Gasteiger partial charge in [-0.1, -0.05) is 18.2 Å². The zero-order valence-electron chi connectivity index (χ0n) is 5.24. The zero-order valence-corrected chi connectivity index (χ0v) is 5.24. The third kappa shape index (κ3) is 0.853. The summed E-state index contributed by atoms with van der Waals surface area (Å²) in [6.45, 7) is 0.455. The van der Waals surface area contributed by atoms with Gasteiger partial charge in [0.15, 0.2) is 5.75 Å². The molecule has 0 aliphatic carbocycles. The summed E-state index contributed by atoms with van der Waals surface area (Å²) < 4.78 is 0. The van der Waals surface area contributed by atoms with Crippen LogP contribution in [-0.2, 0) is 16.5 Å². The molecule has 52 valence electrons. The molecule has 0 saturated carbocycles. The fourth-order valence-corrected chi connectivity index (χ4v) is 0.853. The van der Waals surface area contributed by atoms with Gasteiger partial charge in [-0.05, 0) is 11.1 Å². The molecule has 0 fully saturated rings. The molecule has 0 unspecified atom stereocenters. The lowest BCUT2D eigenvalue weighted by Crippen LogP contribution is -2.07.